The first-order chi connectivity index (χ1) is 6.22. The minimum atomic E-state index is -0.366. The van der Waals surface area contributed by atoms with E-state index in [1.807, 2.05) is 0 Å². The van der Waals surface area contributed by atoms with Crippen LogP contribution in [-0.2, 0) is 11.4 Å². The van der Waals surface area contributed by atoms with E-state index in [-0.39, 0.29) is 18.9 Å². The molecule has 4 nitrogen and oxygen atoms in total. The molecular weight excluding hydrogens is 188 g/mol. The first-order valence-corrected chi connectivity index (χ1v) is 4.60. The Morgan fingerprint density at radius 1 is 1.77 bits per heavy atom. The average molecular weight is 198 g/mol. The molecule has 0 atom stereocenters. The molecule has 0 aliphatic carbocycles. The molecule has 70 valence electrons. The first kappa shape index (κ1) is 9.88. The number of aromatic nitrogens is 1. The van der Waals surface area contributed by atoms with Crippen LogP contribution in [0.15, 0.2) is 11.5 Å². The minimum Gasteiger partial charge on any atom is -0.390 e. The van der Waals surface area contributed by atoms with Gasteiger partial charge in [0.1, 0.15) is 5.01 Å². The summed E-state index contributed by atoms with van der Waals surface area (Å²) in [5.74, 6) is -0.366. The van der Waals surface area contributed by atoms with Crippen molar-refractivity contribution in [3.63, 3.8) is 0 Å². The van der Waals surface area contributed by atoms with Crippen molar-refractivity contribution >= 4 is 23.3 Å². The zero-order chi connectivity index (χ0) is 9.68. The van der Waals surface area contributed by atoms with E-state index in [0.717, 1.165) is 5.01 Å². The van der Waals surface area contributed by atoms with Crippen molar-refractivity contribution < 1.29 is 9.90 Å². The molecule has 0 unspecified atom stereocenters. The second-order valence-corrected chi connectivity index (χ2v) is 3.30. The molecule has 0 saturated heterocycles. The minimum absolute atomic E-state index is 0.0554. The van der Waals surface area contributed by atoms with Crippen LogP contribution in [0.3, 0.4) is 0 Å². The van der Waals surface area contributed by atoms with Crippen LogP contribution < -0.4 is 5.73 Å². The zero-order valence-corrected chi connectivity index (χ0v) is 7.75. The van der Waals surface area contributed by atoms with Gasteiger partial charge in [-0.25, -0.2) is 4.98 Å². The van der Waals surface area contributed by atoms with Crippen molar-refractivity contribution in [1.29, 1.82) is 0 Å². The molecular formula is C8H10N2O2S. The summed E-state index contributed by atoms with van der Waals surface area (Å²) < 4.78 is 0. The van der Waals surface area contributed by atoms with Gasteiger partial charge in [0.2, 0.25) is 5.91 Å². The standard InChI is InChI=1S/C8H10N2O2S/c9-7(12)2-1-3-8-10-6(4-11)5-13-8/h1,3,5,11H,2,4H2,(H2,9,12). The van der Waals surface area contributed by atoms with Gasteiger partial charge in [0.05, 0.1) is 12.3 Å². The summed E-state index contributed by atoms with van der Waals surface area (Å²) in [6, 6.07) is 0. The number of nitrogens with two attached hydrogens (primary N) is 1. The maximum atomic E-state index is 10.4. The fourth-order valence-corrected chi connectivity index (χ4v) is 1.48. The van der Waals surface area contributed by atoms with Gasteiger partial charge >= 0.3 is 0 Å². The number of hydrogen-bond donors (Lipinski definition) is 2. The molecule has 0 radical (unpaired) electrons. The molecule has 1 aromatic rings. The van der Waals surface area contributed by atoms with Crippen molar-refractivity contribution in [1.82, 2.24) is 4.98 Å². The summed E-state index contributed by atoms with van der Waals surface area (Å²) in [4.78, 5) is 14.4. The third kappa shape index (κ3) is 3.35. The lowest BCUT2D eigenvalue weighted by Crippen LogP contribution is -2.07. The molecule has 3 N–H and O–H groups in total. The number of aliphatic hydroxyl groups is 1. The molecule has 1 aromatic heterocycles. The summed E-state index contributed by atoms with van der Waals surface area (Å²) in [6.07, 6.45) is 3.59. The van der Waals surface area contributed by atoms with E-state index in [9.17, 15) is 4.79 Å². The maximum absolute atomic E-state index is 10.4. The second kappa shape index (κ2) is 4.74. The Hall–Kier alpha value is -1.20. The van der Waals surface area contributed by atoms with Crippen molar-refractivity contribution in [2.45, 2.75) is 13.0 Å². The Labute approximate surface area is 79.7 Å². The smallest absolute Gasteiger partial charge is 0.221 e. The van der Waals surface area contributed by atoms with Crippen LogP contribution in [0.25, 0.3) is 6.08 Å². The summed E-state index contributed by atoms with van der Waals surface area (Å²) in [5, 5.41) is 11.2. The molecule has 5 heteroatoms. The number of carbonyl (C=O) groups excluding carboxylic acids is 1. The fraction of sp³-hybridized carbons (Fsp3) is 0.250. The van der Waals surface area contributed by atoms with E-state index in [0.29, 0.717) is 5.69 Å². The Kier molecular flexibility index (Phi) is 3.60. The molecule has 1 heterocycles. The van der Waals surface area contributed by atoms with Gasteiger partial charge < -0.3 is 10.8 Å². The Morgan fingerprint density at radius 2 is 2.54 bits per heavy atom. The monoisotopic (exact) mass is 198 g/mol. The molecule has 0 bridgehead atoms. The van der Waals surface area contributed by atoms with Gasteiger partial charge in [-0.15, -0.1) is 11.3 Å². The zero-order valence-electron chi connectivity index (χ0n) is 6.93. The molecule has 0 aliphatic heterocycles. The van der Waals surface area contributed by atoms with E-state index >= 15 is 0 Å². The highest BCUT2D eigenvalue weighted by molar-refractivity contribution is 7.10. The molecule has 1 rings (SSSR count). The van der Waals surface area contributed by atoms with Crippen LogP contribution in [0.4, 0.5) is 0 Å². The van der Waals surface area contributed by atoms with Gasteiger partial charge in [-0.1, -0.05) is 6.08 Å². The summed E-state index contributed by atoms with van der Waals surface area (Å²) in [5.41, 5.74) is 5.58. The highest BCUT2D eigenvalue weighted by Crippen LogP contribution is 2.11. The first-order valence-electron chi connectivity index (χ1n) is 3.72. The van der Waals surface area contributed by atoms with Crippen LogP contribution in [0.1, 0.15) is 17.1 Å². The molecule has 0 spiro atoms. The average Bonchev–Trinajstić information content (AvgIpc) is 2.52. The maximum Gasteiger partial charge on any atom is 0.221 e. The van der Waals surface area contributed by atoms with Gasteiger partial charge in [-0.2, -0.15) is 0 Å². The van der Waals surface area contributed by atoms with Gasteiger partial charge in [-0.05, 0) is 6.08 Å². The number of hydrogen-bond acceptors (Lipinski definition) is 4. The third-order valence-corrected chi connectivity index (χ3v) is 2.17. The Balaban J connectivity index is 2.53. The molecule has 13 heavy (non-hydrogen) atoms. The van der Waals surface area contributed by atoms with Crippen LogP contribution >= 0.6 is 11.3 Å². The third-order valence-electron chi connectivity index (χ3n) is 1.31. The Bertz CT molecular complexity index is 320. The molecule has 0 saturated carbocycles. The van der Waals surface area contributed by atoms with E-state index < -0.39 is 0 Å². The van der Waals surface area contributed by atoms with Gasteiger partial charge in [0, 0.05) is 11.8 Å². The highest BCUT2D eigenvalue weighted by Gasteiger charge is 1.96. The molecule has 0 aliphatic rings. The van der Waals surface area contributed by atoms with E-state index in [2.05, 4.69) is 4.98 Å². The van der Waals surface area contributed by atoms with Crippen molar-refractivity contribution in [3.05, 3.63) is 22.2 Å². The summed E-state index contributed by atoms with van der Waals surface area (Å²) >= 11 is 1.42. The fourth-order valence-electron chi connectivity index (χ4n) is 0.748. The van der Waals surface area contributed by atoms with Gasteiger partial charge in [0.15, 0.2) is 0 Å². The normalized spacial score (nSPS) is 10.8. The van der Waals surface area contributed by atoms with Crippen molar-refractivity contribution in [3.8, 4) is 0 Å². The Morgan fingerprint density at radius 3 is 3.08 bits per heavy atom. The molecule has 0 aromatic carbocycles. The van der Waals surface area contributed by atoms with E-state index in [1.165, 1.54) is 11.3 Å². The summed E-state index contributed by atoms with van der Waals surface area (Å²) in [7, 11) is 0. The van der Waals surface area contributed by atoms with Crippen LogP contribution in [0.2, 0.25) is 0 Å². The predicted molar refractivity (Wildman–Crippen MR) is 50.9 cm³/mol. The number of carbonyl (C=O) groups is 1. The number of aliphatic hydroxyl groups excluding tert-OH is 1. The predicted octanol–water partition coefficient (Wildman–Crippen LogP) is 0.524. The lowest BCUT2D eigenvalue weighted by atomic mass is 10.4. The SMILES string of the molecule is NC(=O)CC=Cc1nc(CO)cs1. The number of rotatable bonds is 4. The highest BCUT2D eigenvalue weighted by atomic mass is 32.1. The molecule has 0 fully saturated rings. The van der Waals surface area contributed by atoms with Crippen LogP contribution in [-0.4, -0.2) is 16.0 Å². The van der Waals surface area contributed by atoms with Gasteiger partial charge in [-0.3, -0.25) is 4.79 Å². The van der Waals surface area contributed by atoms with Crippen LogP contribution in [0, 0.1) is 0 Å². The van der Waals surface area contributed by atoms with E-state index in [1.54, 1.807) is 17.5 Å². The van der Waals surface area contributed by atoms with Gasteiger partial charge in [0.25, 0.3) is 0 Å². The number of thiazole rings is 1. The van der Waals surface area contributed by atoms with E-state index in [4.69, 9.17) is 10.8 Å². The number of nitrogens with zero attached hydrogens (tertiary/aromatic N) is 1. The molecule has 1 amide bonds. The lowest BCUT2D eigenvalue weighted by Gasteiger charge is -1.84. The van der Waals surface area contributed by atoms with Crippen molar-refractivity contribution in [2.75, 3.05) is 0 Å². The number of amides is 1. The van der Waals surface area contributed by atoms with Crippen molar-refractivity contribution in [2.24, 2.45) is 5.73 Å². The second-order valence-electron chi connectivity index (χ2n) is 2.41. The largest absolute Gasteiger partial charge is 0.390 e. The topological polar surface area (TPSA) is 76.2 Å². The number of primary amides is 1. The summed E-state index contributed by atoms with van der Waals surface area (Å²) in [6.45, 7) is -0.0554. The van der Waals surface area contributed by atoms with Crippen LogP contribution in [0.5, 0.6) is 0 Å². The lowest BCUT2D eigenvalue weighted by molar-refractivity contribution is -0.117. The quantitative estimate of drug-likeness (QED) is 0.740.